The number of rotatable bonds is 4. The normalized spacial score (nSPS) is 13.1. The van der Waals surface area contributed by atoms with Gasteiger partial charge in [-0.15, -0.1) is 11.3 Å². The second-order valence-electron chi connectivity index (χ2n) is 2.61. The third-order valence-corrected chi connectivity index (χ3v) is 2.44. The molecular weight excluding hydrogens is 340 g/mol. The summed E-state index contributed by atoms with van der Waals surface area (Å²) in [7, 11) is 0. The van der Waals surface area contributed by atoms with Gasteiger partial charge < -0.3 is 36.7 Å². The molecule has 0 bridgehead atoms. The van der Waals surface area contributed by atoms with Gasteiger partial charge in [0, 0.05) is 5.56 Å². The van der Waals surface area contributed by atoms with Crippen LogP contribution in [0, 0.1) is 0 Å². The molecule has 0 unspecified atom stereocenters. The smallest absolute Gasteiger partial charge is 0.741 e. The van der Waals surface area contributed by atoms with Crippen LogP contribution in [0.1, 0.15) is 10.4 Å². The summed E-state index contributed by atoms with van der Waals surface area (Å²) in [4.78, 5) is 0.854. The number of nitrogens with zero attached hydrogens (tertiary/aromatic N) is 4. The molecule has 1 aromatic rings. The average Bonchev–Trinajstić information content (AvgIpc) is 2.65. The molecule has 0 spiro atoms. The summed E-state index contributed by atoms with van der Waals surface area (Å²) in [6.07, 6.45) is 3.06. The van der Waals surface area contributed by atoms with Crippen LogP contribution in [-0.4, -0.2) is 22.8 Å². The van der Waals surface area contributed by atoms with E-state index in [1.165, 1.54) is 23.8 Å². The molecule has 0 aliphatic heterocycles. The molecule has 1 radical (unpaired) electrons. The zero-order valence-electron chi connectivity index (χ0n) is 8.78. The summed E-state index contributed by atoms with van der Waals surface area (Å²) < 4.78 is 0. The molecule has 0 saturated heterocycles. The van der Waals surface area contributed by atoms with Crippen LogP contribution in [-0.2, 0) is 42.3 Å². The number of hydrogen-bond donors (Lipinski definition) is 2. The van der Waals surface area contributed by atoms with Gasteiger partial charge in [0.15, 0.2) is 0 Å². The molecule has 1 rings (SSSR count). The van der Waals surface area contributed by atoms with Gasteiger partial charge in [0.1, 0.15) is 0 Å². The average molecular weight is 348 g/mol. The van der Waals surface area contributed by atoms with Gasteiger partial charge in [0.05, 0.1) is 17.3 Å². The Hall–Kier alpha value is -1.06. The van der Waals surface area contributed by atoms with Crippen molar-refractivity contribution in [2.24, 2.45) is 31.9 Å². The van der Waals surface area contributed by atoms with Gasteiger partial charge in [-0.25, -0.2) is 0 Å². The molecule has 0 aromatic carbocycles. The van der Waals surface area contributed by atoms with Crippen molar-refractivity contribution in [2.75, 3.05) is 0 Å². The number of thiophene rings is 1. The van der Waals surface area contributed by atoms with E-state index in [2.05, 4.69) is 45.7 Å². The second-order valence-corrected chi connectivity index (χ2v) is 4.39. The van der Waals surface area contributed by atoms with Crippen molar-refractivity contribution < 1.29 is 17.1 Å². The van der Waals surface area contributed by atoms with E-state index in [1.54, 1.807) is 0 Å². The van der Waals surface area contributed by atoms with Crippen LogP contribution in [0.25, 0.3) is 0 Å². The first-order valence-electron chi connectivity index (χ1n) is 4.24. The molecule has 6 nitrogen and oxygen atoms in total. The SMILES string of the molecule is N/C([S-])=N/N=C/c1ccsc1/C=N/N=C(/N)[S-].[Cu+2]. The molecule has 99 valence electrons. The molecule has 1 aromatic heterocycles. The summed E-state index contributed by atoms with van der Waals surface area (Å²) in [5.41, 5.74) is 11.2. The van der Waals surface area contributed by atoms with Crippen molar-refractivity contribution in [2.45, 2.75) is 0 Å². The first-order valence-corrected chi connectivity index (χ1v) is 5.93. The van der Waals surface area contributed by atoms with Gasteiger partial charge >= 0.3 is 17.1 Å². The van der Waals surface area contributed by atoms with Gasteiger partial charge in [-0.05, 0) is 21.8 Å². The summed E-state index contributed by atoms with van der Waals surface area (Å²) in [6, 6.07) is 1.85. The molecule has 0 aliphatic rings. The summed E-state index contributed by atoms with van der Waals surface area (Å²) in [5.74, 6) is 0. The first-order chi connectivity index (χ1) is 8.09. The van der Waals surface area contributed by atoms with Crippen LogP contribution in [0.2, 0.25) is 0 Å². The van der Waals surface area contributed by atoms with Crippen LogP contribution in [0.15, 0.2) is 31.9 Å². The molecule has 0 atom stereocenters. The fourth-order valence-electron chi connectivity index (χ4n) is 0.829. The van der Waals surface area contributed by atoms with Gasteiger partial charge in [0.2, 0.25) is 0 Å². The molecule has 1 heterocycles. The van der Waals surface area contributed by atoms with E-state index in [9.17, 15) is 0 Å². The minimum absolute atomic E-state index is 0. The standard InChI is InChI=1S/C8H10N6S3.Cu/c9-7(15)13-11-3-5-1-2-17-6(5)4-12-14-8(10)16;/h1-4H,(H3,9,13,15)(H3,10,14,16);/q;+2/p-2/b11-3+,12-4+;. The Morgan fingerprint density at radius 3 is 2.22 bits per heavy atom. The van der Waals surface area contributed by atoms with E-state index in [1.807, 2.05) is 11.4 Å². The molecule has 10 heteroatoms. The maximum Gasteiger partial charge on any atom is 2.00 e. The summed E-state index contributed by atoms with van der Waals surface area (Å²) >= 11 is 10.6. The minimum Gasteiger partial charge on any atom is -0.741 e. The van der Waals surface area contributed by atoms with Crippen molar-refractivity contribution in [3.63, 3.8) is 0 Å². The third-order valence-electron chi connectivity index (χ3n) is 1.41. The van der Waals surface area contributed by atoms with Gasteiger partial charge in [0.25, 0.3) is 0 Å². The van der Waals surface area contributed by atoms with E-state index in [-0.39, 0.29) is 27.4 Å². The Morgan fingerprint density at radius 1 is 1.11 bits per heavy atom. The molecule has 18 heavy (non-hydrogen) atoms. The van der Waals surface area contributed by atoms with Crippen molar-refractivity contribution in [3.05, 3.63) is 21.9 Å². The van der Waals surface area contributed by atoms with E-state index < -0.39 is 0 Å². The predicted molar refractivity (Wildman–Crippen MR) is 77.5 cm³/mol. The van der Waals surface area contributed by atoms with Crippen LogP contribution in [0.5, 0.6) is 0 Å². The van der Waals surface area contributed by atoms with E-state index in [0.29, 0.717) is 0 Å². The first kappa shape index (κ1) is 16.9. The van der Waals surface area contributed by atoms with Crippen molar-refractivity contribution in [1.29, 1.82) is 0 Å². The monoisotopic (exact) mass is 347 g/mol. The summed E-state index contributed by atoms with van der Waals surface area (Å²) in [5, 5.41) is 16.3. The fourth-order valence-corrected chi connectivity index (χ4v) is 1.65. The number of hydrogen-bond acceptors (Lipinski definition) is 7. The van der Waals surface area contributed by atoms with E-state index in [0.717, 1.165) is 10.4 Å². The molecule has 0 fully saturated rings. The molecular formula is C8H8CuN6S3. The van der Waals surface area contributed by atoms with Gasteiger partial charge in [-0.2, -0.15) is 20.4 Å². The molecule has 0 amide bonds. The predicted octanol–water partition coefficient (Wildman–Crippen LogP) is 0.137. The number of amidine groups is 2. The zero-order chi connectivity index (χ0) is 12.7. The largest absolute Gasteiger partial charge is 2.00 e. The Kier molecular flexibility index (Phi) is 8.42. The molecule has 0 saturated carbocycles. The van der Waals surface area contributed by atoms with Crippen molar-refractivity contribution in [1.82, 2.24) is 0 Å². The van der Waals surface area contributed by atoms with E-state index >= 15 is 0 Å². The topological polar surface area (TPSA) is 101 Å². The molecule has 4 N–H and O–H groups in total. The Bertz CT molecular complexity index is 442. The van der Waals surface area contributed by atoms with Crippen molar-refractivity contribution in [3.8, 4) is 0 Å². The van der Waals surface area contributed by atoms with Crippen molar-refractivity contribution >= 4 is 59.4 Å². The Morgan fingerprint density at radius 2 is 1.67 bits per heavy atom. The number of nitrogens with two attached hydrogens (primary N) is 2. The Labute approximate surface area is 130 Å². The second kappa shape index (κ2) is 8.95. The van der Waals surface area contributed by atoms with E-state index in [4.69, 9.17) is 11.5 Å². The van der Waals surface area contributed by atoms with Crippen LogP contribution in [0.3, 0.4) is 0 Å². The quantitative estimate of drug-likeness (QED) is 0.266. The maximum atomic E-state index is 5.17. The fraction of sp³-hybridized carbons (Fsp3) is 0. The Balaban J connectivity index is 0.00000289. The maximum absolute atomic E-state index is 5.17. The zero-order valence-corrected chi connectivity index (χ0v) is 12.2. The van der Waals surface area contributed by atoms with Crippen LogP contribution < -0.4 is 11.5 Å². The van der Waals surface area contributed by atoms with Crippen LogP contribution >= 0.6 is 11.3 Å². The third kappa shape index (κ3) is 6.62. The minimum atomic E-state index is -0.0184. The van der Waals surface area contributed by atoms with Gasteiger partial charge in [-0.1, -0.05) is 0 Å². The van der Waals surface area contributed by atoms with Crippen LogP contribution in [0.4, 0.5) is 0 Å². The summed E-state index contributed by atoms with van der Waals surface area (Å²) in [6.45, 7) is 0. The van der Waals surface area contributed by atoms with Gasteiger partial charge in [-0.3, -0.25) is 0 Å². The molecule has 0 aliphatic carbocycles.